The number of nitrogens with one attached hydrogen (secondary N) is 1. The molecule has 31 heavy (non-hydrogen) atoms. The van der Waals surface area contributed by atoms with E-state index in [0.717, 1.165) is 22.6 Å². The van der Waals surface area contributed by atoms with Gasteiger partial charge in [0.2, 0.25) is 5.91 Å². The summed E-state index contributed by atoms with van der Waals surface area (Å²) in [5.41, 5.74) is 3.07. The lowest BCUT2D eigenvalue weighted by atomic mass is 9.98. The monoisotopic (exact) mass is 428 g/mol. The van der Waals surface area contributed by atoms with Crippen LogP contribution >= 0.6 is 11.8 Å². The predicted octanol–water partition coefficient (Wildman–Crippen LogP) is 4.96. The molecule has 0 bridgehead atoms. The molecule has 1 aromatic heterocycles. The quantitative estimate of drug-likeness (QED) is 0.423. The van der Waals surface area contributed by atoms with E-state index in [1.165, 1.54) is 11.8 Å². The van der Waals surface area contributed by atoms with Crippen LogP contribution in [0.15, 0.2) is 96.2 Å². The Hall–Kier alpha value is -3.38. The van der Waals surface area contributed by atoms with E-state index in [4.69, 9.17) is 0 Å². The summed E-state index contributed by atoms with van der Waals surface area (Å²) >= 11 is 1.40. The number of carbonyl (C=O) groups excluding carboxylic acids is 1. The van der Waals surface area contributed by atoms with Crippen molar-refractivity contribution in [3.63, 3.8) is 0 Å². The average Bonchev–Trinajstić information content (AvgIpc) is 3.18. The summed E-state index contributed by atoms with van der Waals surface area (Å²) in [7, 11) is 0. The molecule has 156 valence electrons. The minimum Gasteiger partial charge on any atom is -0.344 e. The Morgan fingerprint density at radius 1 is 0.839 bits per heavy atom. The second-order valence-corrected chi connectivity index (χ2v) is 8.53. The van der Waals surface area contributed by atoms with Gasteiger partial charge in [0.05, 0.1) is 11.3 Å². The predicted molar refractivity (Wildman–Crippen MR) is 124 cm³/mol. The van der Waals surface area contributed by atoms with Crippen LogP contribution in [0, 0.1) is 6.92 Å². The molecule has 0 aliphatic heterocycles. The highest BCUT2D eigenvalue weighted by Gasteiger charge is 2.23. The van der Waals surface area contributed by atoms with Crippen molar-refractivity contribution in [1.82, 2.24) is 20.1 Å². The maximum Gasteiger partial charge on any atom is 0.234 e. The lowest BCUT2D eigenvalue weighted by Gasteiger charge is -2.22. The van der Waals surface area contributed by atoms with E-state index in [9.17, 15) is 4.79 Å². The van der Waals surface area contributed by atoms with Crippen LogP contribution in [0.4, 0.5) is 0 Å². The third-order valence-electron chi connectivity index (χ3n) is 5.01. The second-order valence-electron chi connectivity index (χ2n) is 7.22. The molecule has 6 heteroatoms. The fraction of sp³-hybridized carbons (Fsp3) is 0.160. The van der Waals surface area contributed by atoms with Crippen molar-refractivity contribution in [3.8, 4) is 5.69 Å². The van der Waals surface area contributed by atoms with Gasteiger partial charge < -0.3 is 5.32 Å². The summed E-state index contributed by atoms with van der Waals surface area (Å²) in [6.45, 7) is 3.81. The minimum atomic E-state index is -0.346. The topological polar surface area (TPSA) is 59.8 Å². The molecule has 1 unspecified atom stereocenters. The van der Waals surface area contributed by atoms with Crippen LogP contribution in [0.5, 0.6) is 0 Å². The maximum atomic E-state index is 13.2. The van der Waals surface area contributed by atoms with Gasteiger partial charge in [-0.3, -0.25) is 9.36 Å². The molecule has 1 N–H and O–H groups in total. The van der Waals surface area contributed by atoms with E-state index in [2.05, 4.69) is 15.5 Å². The molecule has 5 nitrogen and oxygen atoms in total. The number of benzene rings is 3. The SMILES string of the molecule is Cc1nnc(SC(C)C(=O)NC(c2ccccc2)c2ccccc2)n1-c1ccccc1. The summed E-state index contributed by atoms with van der Waals surface area (Å²) in [6, 6.07) is 29.8. The summed E-state index contributed by atoms with van der Waals surface area (Å²) in [4.78, 5) is 13.2. The largest absolute Gasteiger partial charge is 0.344 e. The van der Waals surface area contributed by atoms with Crippen LogP contribution in [-0.4, -0.2) is 25.9 Å². The molecule has 0 fully saturated rings. The third-order valence-corrected chi connectivity index (χ3v) is 6.06. The highest BCUT2D eigenvalue weighted by Crippen LogP contribution is 2.27. The Morgan fingerprint density at radius 2 is 1.35 bits per heavy atom. The van der Waals surface area contributed by atoms with E-state index in [1.807, 2.05) is 109 Å². The van der Waals surface area contributed by atoms with Crippen LogP contribution in [0.1, 0.15) is 29.9 Å². The Labute approximate surface area is 186 Å². The first-order valence-electron chi connectivity index (χ1n) is 10.2. The van der Waals surface area contributed by atoms with Crippen molar-refractivity contribution in [3.05, 3.63) is 108 Å². The van der Waals surface area contributed by atoms with Gasteiger partial charge in [-0.05, 0) is 37.1 Å². The van der Waals surface area contributed by atoms with Gasteiger partial charge in [0, 0.05) is 5.69 Å². The molecule has 1 heterocycles. The van der Waals surface area contributed by atoms with E-state index in [0.29, 0.717) is 5.16 Å². The fourth-order valence-corrected chi connectivity index (χ4v) is 4.34. The Morgan fingerprint density at radius 3 is 1.90 bits per heavy atom. The number of hydrogen-bond acceptors (Lipinski definition) is 4. The first-order valence-corrected chi connectivity index (χ1v) is 11.1. The van der Waals surface area contributed by atoms with Gasteiger partial charge in [-0.2, -0.15) is 0 Å². The summed E-state index contributed by atoms with van der Waals surface area (Å²) in [6.07, 6.45) is 0. The Kier molecular flexibility index (Phi) is 6.48. The lowest BCUT2D eigenvalue weighted by molar-refractivity contribution is -0.120. The molecular weight excluding hydrogens is 404 g/mol. The number of para-hydroxylation sites is 1. The molecule has 0 spiro atoms. The van der Waals surface area contributed by atoms with E-state index >= 15 is 0 Å². The number of rotatable bonds is 7. The van der Waals surface area contributed by atoms with Gasteiger partial charge in [-0.15, -0.1) is 10.2 Å². The number of carbonyl (C=O) groups is 1. The first-order chi connectivity index (χ1) is 15.1. The average molecular weight is 429 g/mol. The number of thioether (sulfide) groups is 1. The van der Waals surface area contributed by atoms with Crippen LogP contribution in [0.25, 0.3) is 5.69 Å². The van der Waals surface area contributed by atoms with Crippen LogP contribution in [0.3, 0.4) is 0 Å². The molecule has 0 aliphatic carbocycles. The molecule has 0 radical (unpaired) electrons. The van der Waals surface area contributed by atoms with E-state index < -0.39 is 0 Å². The first kappa shape index (κ1) is 20.9. The zero-order valence-electron chi connectivity index (χ0n) is 17.5. The molecule has 1 atom stereocenters. The second kappa shape index (κ2) is 9.62. The van der Waals surface area contributed by atoms with Crippen molar-refractivity contribution in [2.24, 2.45) is 0 Å². The number of nitrogens with zero attached hydrogens (tertiary/aromatic N) is 3. The maximum absolute atomic E-state index is 13.2. The van der Waals surface area contributed by atoms with Crippen LogP contribution in [0.2, 0.25) is 0 Å². The fourth-order valence-electron chi connectivity index (χ4n) is 3.41. The molecule has 4 rings (SSSR count). The minimum absolute atomic E-state index is 0.0528. The number of hydrogen-bond donors (Lipinski definition) is 1. The third kappa shape index (κ3) is 4.86. The zero-order valence-corrected chi connectivity index (χ0v) is 18.3. The number of amides is 1. The molecule has 0 saturated heterocycles. The Bertz CT molecular complexity index is 1090. The van der Waals surface area contributed by atoms with Crippen LogP contribution < -0.4 is 5.32 Å². The molecule has 1 amide bonds. The Balaban J connectivity index is 1.55. The summed E-state index contributed by atoms with van der Waals surface area (Å²) in [5, 5.41) is 12.1. The van der Waals surface area contributed by atoms with Gasteiger partial charge in [0.25, 0.3) is 0 Å². The summed E-state index contributed by atoms with van der Waals surface area (Å²) < 4.78 is 1.97. The van der Waals surface area contributed by atoms with Gasteiger partial charge in [0.15, 0.2) is 5.16 Å². The van der Waals surface area contributed by atoms with Gasteiger partial charge in [-0.25, -0.2) is 0 Å². The van der Waals surface area contributed by atoms with Crippen molar-refractivity contribution in [1.29, 1.82) is 0 Å². The number of aryl methyl sites for hydroxylation is 1. The summed E-state index contributed by atoms with van der Waals surface area (Å²) in [5.74, 6) is 0.732. The van der Waals surface area contributed by atoms with Crippen molar-refractivity contribution < 1.29 is 4.79 Å². The van der Waals surface area contributed by atoms with Gasteiger partial charge in [0.1, 0.15) is 5.82 Å². The highest BCUT2D eigenvalue weighted by atomic mass is 32.2. The zero-order chi connectivity index (χ0) is 21.6. The smallest absolute Gasteiger partial charge is 0.234 e. The van der Waals surface area contributed by atoms with Crippen LogP contribution in [-0.2, 0) is 4.79 Å². The molecule has 4 aromatic rings. The molecule has 3 aromatic carbocycles. The van der Waals surface area contributed by atoms with Gasteiger partial charge >= 0.3 is 0 Å². The normalized spacial score (nSPS) is 12.0. The highest BCUT2D eigenvalue weighted by molar-refractivity contribution is 8.00. The molecular formula is C25H24N4OS. The lowest BCUT2D eigenvalue weighted by Crippen LogP contribution is -2.35. The standard InChI is InChI=1S/C25H24N4OS/c1-18(31-25-28-27-19(2)29(25)22-16-10-5-11-17-22)24(30)26-23(20-12-6-3-7-13-20)21-14-8-4-9-15-21/h3-18,23H,1-2H3,(H,26,30). The van der Waals surface area contributed by atoms with E-state index in [-0.39, 0.29) is 17.2 Å². The molecule has 0 saturated carbocycles. The van der Waals surface area contributed by atoms with E-state index in [1.54, 1.807) is 0 Å². The molecule has 0 aliphatic rings. The van der Waals surface area contributed by atoms with Crippen molar-refractivity contribution in [2.45, 2.75) is 30.3 Å². The van der Waals surface area contributed by atoms with Gasteiger partial charge in [-0.1, -0.05) is 90.6 Å². The van der Waals surface area contributed by atoms with Crippen molar-refractivity contribution in [2.75, 3.05) is 0 Å². The van der Waals surface area contributed by atoms with Crippen molar-refractivity contribution >= 4 is 17.7 Å². The number of aromatic nitrogens is 3.